The molecule has 0 radical (unpaired) electrons. The molecule has 4 nitrogen and oxygen atoms in total. The molecule has 0 aliphatic heterocycles. The highest BCUT2D eigenvalue weighted by Crippen LogP contribution is 2.38. The van der Waals surface area contributed by atoms with E-state index in [2.05, 4.69) is 21.8 Å². The number of aromatic nitrogens is 2. The van der Waals surface area contributed by atoms with Crippen LogP contribution in [0.1, 0.15) is 19.0 Å². The van der Waals surface area contributed by atoms with Crippen molar-refractivity contribution in [3.63, 3.8) is 0 Å². The van der Waals surface area contributed by atoms with Gasteiger partial charge in [0.15, 0.2) is 0 Å². The summed E-state index contributed by atoms with van der Waals surface area (Å²) in [7, 11) is 2.04. The molecule has 0 aromatic carbocycles. The summed E-state index contributed by atoms with van der Waals surface area (Å²) in [6, 6.07) is 0. The molecule has 2 unspecified atom stereocenters. The number of nitrogens with two attached hydrogens (primary N) is 1. The summed E-state index contributed by atoms with van der Waals surface area (Å²) in [5.41, 5.74) is 6.04. The molecule has 1 saturated carbocycles. The third-order valence-corrected chi connectivity index (χ3v) is 3.28. The molecule has 0 amide bonds. The lowest BCUT2D eigenvalue weighted by molar-refractivity contribution is 0.718. The van der Waals surface area contributed by atoms with Crippen LogP contribution < -0.4 is 10.6 Å². The molecule has 16 heavy (non-hydrogen) atoms. The first-order valence-electron chi connectivity index (χ1n) is 5.41. The number of nitrogens with zero attached hydrogens (tertiary/aromatic N) is 3. The van der Waals surface area contributed by atoms with Crippen LogP contribution in [-0.4, -0.2) is 28.5 Å². The van der Waals surface area contributed by atoms with Crippen molar-refractivity contribution in [2.75, 3.05) is 18.5 Å². The highest BCUT2D eigenvalue weighted by atomic mass is 32.1. The summed E-state index contributed by atoms with van der Waals surface area (Å²) in [4.78, 5) is 10.9. The van der Waals surface area contributed by atoms with Gasteiger partial charge in [0.1, 0.15) is 16.5 Å². The summed E-state index contributed by atoms with van der Waals surface area (Å²) in [5, 5.41) is 0. The van der Waals surface area contributed by atoms with Crippen LogP contribution >= 0.6 is 12.2 Å². The van der Waals surface area contributed by atoms with E-state index < -0.39 is 0 Å². The lowest BCUT2D eigenvalue weighted by atomic mass is 10.3. The zero-order valence-electron chi connectivity index (χ0n) is 9.55. The number of anilines is 1. The van der Waals surface area contributed by atoms with E-state index >= 15 is 0 Å². The normalized spacial score (nSPS) is 22.9. The first-order chi connectivity index (χ1) is 7.58. The summed E-state index contributed by atoms with van der Waals surface area (Å²) in [6.45, 7) is 3.32. The molecule has 0 spiro atoms. The van der Waals surface area contributed by atoms with Crippen LogP contribution in [0.5, 0.6) is 0 Å². The van der Waals surface area contributed by atoms with E-state index in [1.807, 2.05) is 7.05 Å². The molecular formula is C11H16N4S. The fraction of sp³-hybridized carbons (Fsp3) is 0.545. The Kier molecular flexibility index (Phi) is 3.05. The van der Waals surface area contributed by atoms with Crippen LogP contribution in [0.4, 0.5) is 5.82 Å². The van der Waals surface area contributed by atoms with Crippen molar-refractivity contribution in [2.45, 2.75) is 13.3 Å². The second-order valence-electron chi connectivity index (χ2n) is 4.48. The standard InChI is InChI=1S/C11H16N4S/c1-7-3-8(7)6-15(2)10-5-13-9(4-14-10)11(12)16/h4-5,7-8H,3,6H2,1-2H3,(H2,12,16). The van der Waals surface area contributed by atoms with Crippen molar-refractivity contribution in [1.29, 1.82) is 0 Å². The van der Waals surface area contributed by atoms with Crippen molar-refractivity contribution in [2.24, 2.45) is 17.6 Å². The van der Waals surface area contributed by atoms with Gasteiger partial charge in [-0.2, -0.15) is 0 Å². The fourth-order valence-corrected chi connectivity index (χ4v) is 1.85. The Bertz CT molecular complexity index is 389. The highest BCUT2D eigenvalue weighted by molar-refractivity contribution is 7.80. The minimum absolute atomic E-state index is 0.289. The molecule has 1 aromatic heterocycles. The Balaban J connectivity index is 2.00. The molecule has 2 N–H and O–H groups in total. The van der Waals surface area contributed by atoms with Crippen molar-refractivity contribution in [3.8, 4) is 0 Å². The Morgan fingerprint density at radius 3 is 2.69 bits per heavy atom. The molecule has 0 bridgehead atoms. The predicted octanol–water partition coefficient (Wildman–Crippen LogP) is 1.20. The zero-order chi connectivity index (χ0) is 11.7. The average molecular weight is 236 g/mol. The van der Waals surface area contributed by atoms with E-state index in [1.54, 1.807) is 12.4 Å². The van der Waals surface area contributed by atoms with Crippen LogP contribution in [0.25, 0.3) is 0 Å². The SMILES string of the molecule is CC1CC1CN(C)c1cnc(C(N)=S)cn1. The fourth-order valence-electron chi connectivity index (χ4n) is 1.74. The minimum Gasteiger partial charge on any atom is -0.388 e. The van der Waals surface area contributed by atoms with Gasteiger partial charge in [0.05, 0.1) is 12.4 Å². The van der Waals surface area contributed by atoms with Gasteiger partial charge in [-0.15, -0.1) is 0 Å². The third-order valence-electron chi connectivity index (χ3n) is 3.07. The second-order valence-corrected chi connectivity index (χ2v) is 4.92. The lowest BCUT2D eigenvalue weighted by Crippen LogP contribution is -2.22. The maximum absolute atomic E-state index is 5.46. The van der Waals surface area contributed by atoms with Gasteiger partial charge >= 0.3 is 0 Å². The molecule has 1 aromatic rings. The smallest absolute Gasteiger partial charge is 0.146 e. The van der Waals surface area contributed by atoms with Gasteiger partial charge in [-0.3, -0.25) is 0 Å². The summed E-state index contributed by atoms with van der Waals surface area (Å²) in [6.07, 6.45) is 4.68. The van der Waals surface area contributed by atoms with Gasteiger partial charge in [0, 0.05) is 13.6 Å². The Morgan fingerprint density at radius 2 is 2.25 bits per heavy atom. The van der Waals surface area contributed by atoms with Crippen molar-refractivity contribution in [3.05, 3.63) is 18.1 Å². The predicted molar refractivity (Wildman–Crippen MR) is 68.5 cm³/mol. The summed E-state index contributed by atoms with van der Waals surface area (Å²) < 4.78 is 0. The van der Waals surface area contributed by atoms with E-state index in [4.69, 9.17) is 18.0 Å². The van der Waals surface area contributed by atoms with Gasteiger partial charge in [-0.1, -0.05) is 19.1 Å². The summed E-state index contributed by atoms with van der Waals surface area (Å²) in [5.74, 6) is 2.53. The topological polar surface area (TPSA) is 55.0 Å². The molecule has 2 rings (SSSR count). The Morgan fingerprint density at radius 1 is 1.56 bits per heavy atom. The maximum Gasteiger partial charge on any atom is 0.146 e. The Hall–Kier alpha value is -1.23. The van der Waals surface area contributed by atoms with E-state index in [0.717, 1.165) is 24.2 Å². The van der Waals surface area contributed by atoms with Gasteiger partial charge in [-0.25, -0.2) is 9.97 Å². The van der Waals surface area contributed by atoms with Crippen molar-refractivity contribution in [1.82, 2.24) is 9.97 Å². The largest absolute Gasteiger partial charge is 0.388 e. The highest BCUT2D eigenvalue weighted by Gasteiger charge is 2.33. The van der Waals surface area contributed by atoms with Crippen LogP contribution in [0.2, 0.25) is 0 Å². The molecule has 1 aliphatic carbocycles. The van der Waals surface area contributed by atoms with E-state index in [-0.39, 0.29) is 4.99 Å². The molecule has 2 atom stereocenters. The van der Waals surface area contributed by atoms with Crippen LogP contribution in [-0.2, 0) is 0 Å². The number of thiocarbonyl (C=S) groups is 1. The maximum atomic E-state index is 5.46. The van der Waals surface area contributed by atoms with Gasteiger partial charge in [-0.05, 0) is 18.3 Å². The van der Waals surface area contributed by atoms with Crippen LogP contribution in [0, 0.1) is 11.8 Å². The second kappa shape index (κ2) is 4.33. The Labute approximate surface area is 101 Å². The molecule has 86 valence electrons. The molecule has 5 heteroatoms. The van der Waals surface area contributed by atoms with E-state index in [9.17, 15) is 0 Å². The molecule has 1 aliphatic rings. The first kappa shape index (κ1) is 11.3. The monoisotopic (exact) mass is 236 g/mol. The van der Waals surface area contributed by atoms with Gasteiger partial charge in [0.2, 0.25) is 0 Å². The lowest BCUT2D eigenvalue weighted by Gasteiger charge is -2.17. The van der Waals surface area contributed by atoms with Crippen LogP contribution in [0.3, 0.4) is 0 Å². The average Bonchev–Trinajstić information content (AvgIpc) is 2.94. The van der Waals surface area contributed by atoms with E-state index in [0.29, 0.717) is 5.69 Å². The minimum atomic E-state index is 0.289. The van der Waals surface area contributed by atoms with Gasteiger partial charge in [0.25, 0.3) is 0 Å². The van der Waals surface area contributed by atoms with Crippen molar-refractivity contribution >= 4 is 23.0 Å². The summed E-state index contributed by atoms with van der Waals surface area (Å²) >= 11 is 4.83. The van der Waals surface area contributed by atoms with E-state index in [1.165, 1.54) is 6.42 Å². The molecular weight excluding hydrogens is 220 g/mol. The van der Waals surface area contributed by atoms with Crippen LogP contribution in [0.15, 0.2) is 12.4 Å². The number of hydrogen-bond donors (Lipinski definition) is 1. The quantitative estimate of drug-likeness (QED) is 0.796. The number of hydrogen-bond acceptors (Lipinski definition) is 4. The molecule has 0 saturated heterocycles. The van der Waals surface area contributed by atoms with Crippen molar-refractivity contribution < 1.29 is 0 Å². The molecule has 1 fully saturated rings. The zero-order valence-corrected chi connectivity index (χ0v) is 10.4. The first-order valence-corrected chi connectivity index (χ1v) is 5.81. The third kappa shape index (κ3) is 2.47. The molecule has 1 heterocycles. The van der Waals surface area contributed by atoms with Gasteiger partial charge < -0.3 is 10.6 Å². The number of rotatable bonds is 4.